The number of ketones is 1. The molecule has 7 heteroatoms. The van der Waals surface area contributed by atoms with Crippen molar-refractivity contribution in [2.75, 3.05) is 31.5 Å². The van der Waals surface area contributed by atoms with E-state index in [4.69, 9.17) is 14.2 Å². The maximum atomic E-state index is 14.5. The van der Waals surface area contributed by atoms with Crippen LogP contribution in [0, 0.1) is 6.92 Å². The molecule has 0 aromatic heterocycles. The average molecular weight is 575 g/mol. The molecule has 4 aromatic rings. The Balaban J connectivity index is 1.61. The highest BCUT2D eigenvalue weighted by Crippen LogP contribution is 2.50. The summed E-state index contributed by atoms with van der Waals surface area (Å²) in [6, 6.07) is 28.1. The molecular weight excluding hydrogens is 540 g/mol. The molecular formula is C36H34N2O5. The first kappa shape index (κ1) is 28.1. The minimum absolute atomic E-state index is 0.00322. The topological polar surface area (TPSA) is 77.1 Å². The summed E-state index contributed by atoms with van der Waals surface area (Å²) >= 11 is 0. The molecule has 0 fully saturated rings. The first-order valence-electron chi connectivity index (χ1n) is 14.3. The van der Waals surface area contributed by atoms with Gasteiger partial charge in [0.15, 0.2) is 17.3 Å². The second-order valence-electron chi connectivity index (χ2n) is 10.9. The van der Waals surface area contributed by atoms with E-state index in [0.717, 1.165) is 16.9 Å². The van der Waals surface area contributed by atoms with Crippen LogP contribution in [0.25, 0.3) is 0 Å². The van der Waals surface area contributed by atoms with Crippen LogP contribution in [0.5, 0.6) is 17.2 Å². The van der Waals surface area contributed by atoms with E-state index < -0.39 is 6.04 Å². The standard InChI is InChI=1S/C36H34N2O5/c1-22-14-16-23(17-15-22)25-18-28-33(30(39)19-25)34(26-20-31(41-2)35(43-4)32(21-26)42-3)38(29-13-9-8-12-27(29)37-28)36(40)24-10-6-5-7-11-24/h5-17,20-21,25,34,37H,18-19H2,1-4H3/t25-,34-/m1/s1. The zero-order valence-corrected chi connectivity index (χ0v) is 24.7. The number of rotatable bonds is 6. The highest BCUT2D eigenvalue weighted by molar-refractivity contribution is 6.12. The lowest BCUT2D eigenvalue weighted by molar-refractivity contribution is -0.116. The summed E-state index contributed by atoms with van der Waals surface area (Å²) in [7, 11) is 4.66. The number of carbonyl (C=O) groups excluding carboxylic acids is 2. The molecule has 0 spiro atoms. The van der Waals surface area contributed by atoms with Crippen LogP contribution in [0.2, 0.25) is 0 Å². The van der Waals surface area contributed by atoms with Crippen molar-refractivity contribution in [2.24, 2.45) is 0 Å². The fourth-order valence-corrected chi connectivity index (χ4v) is 6.18. The summed E-state index contributed by atoms with van der Waals surface area (Å²) in [5.41, 5.74) is 6.26. The van der Waals surface area contributed by atoms with Gasteiger partial charge in [-0.1, -0.05) is 60.2 Å². The van der Waals surface area contributed by atoms with Gasteiger partial charge >= 0.3 is 0 Å². The number of allylic oxidation sites excluding steroid dienone is 1. The number of nitrogens with zero attached hydrogens (tertiary/aromatic N) is 1. The Morgan fingerprint density at radius 2 is 1.44 bits per heavy atom. The Labute approximate surface area is 251 Å². The Kier molecular flexibility index (Phi) is 7.63. The highest BCUT2D eigenvalue weighted by Gasteiger charge is 2.42. The molecule has 0 bridgehead atoms. The molecule has 0 saturated carbocycles. The number of nitrogens with one attached hydrogen (secondary N) is 1. The van der Waals surface area contributed by atoms with Crippen molar-refractivity contribution >= 4 is 23.1 Å². The number of carbonyl (C=O) groups is 2. The predicted octanol–water partition coefficient (Wildman–Crippen LogP) is 7.24. The molecule has 1 heterocycles. The zero-order valence-electron chi connectivity index (χ0n) is 24.7. The van der Waals surface area contributed by atoms with Gasteiger partial charge in [-0.05, 0) is 66.8 Å². The number of aryl methyl sites for hydroxylation is 1. The summed E-state index contributed by atoms with van der Waals surface area (Å²) in [6.45, 7) is 2.06. The summed E-state index contributed by atoms with van der Waals surface area (Å²) in [5, 5.41) is 3.60. The van der Waals surface area contributed by atoms with Crippen molar-refractivity contribution in [3.8, 4) is 17.2 Å². The number of fused-ring (bicyclic) bond motifs is 1. The zero-order chi connectivity index (χ0) is 30.1. The summed E-state index contributed by atoms with van der Waals surface area (Å²) < 4.78 is 17.0. The summed E-state index contributed by atoms with van der Waals surface area (Å²) in [6.07, 6.45) is 0.945. The van der Waals surface area contributed by atoms with E-state index in [1.165, 1.54) is 5.56 Å². The minimum Gasteiger partial charge on any atom is -0.493 e. The molecule has 4 aromatic carbocycles. The van der Waals surface area contributed by atoms with E-state index in [-0.39, 0.29) is 17.6 Å². The first-order chi connectivity index (χ1) is 20.9. The van der Waals surface area contributed by atoms with Gasteiger partial charge in [-0.2, -0.15) is 0 Å². The molecule has 0 unspecified atom stereocenters. The van der Waals surface area contributed by atoms with E-state index in [0.29, 0.717) is 52.5 Å². The van der Waals surface area contributed by atoms with Crippen molar-refractivity contribution < 1.29 is 23.8 Å². The van der Waals surface area contributed by atoms with E-state index in [9.17, 15) is 9.59 Å². The predicted molar refractivity (Wildman–Crippen MR) is 167 cm³/mol. The maximum absolute atomic E-state index is 14.5. The number of para-hydroxylation sites is 2. The second-order valence-corrected chi connectivity index (χ2v) is 10.9. The fourth-order valence-electron chi connectivity index (χ4n) is 6.18. The van der Waals surface area contributed by atoms with Crippen LogP contribution in [0.3, 0.4) is 0 Å². The lowest BCUT2D eigenvalue weighted by atomic mass is 9.78. The molecule has 1 N–H and O–H groups in total. The van der Waals surface area contributed by atoms with Crippen molar-refractivity contribution in [1.29, 1.82) is 0 Å². The molecule has 1 aliphatic heterocycles. The maximum Gasteiger partial charge on any atom is 0.259 e. The van der Waals surface area contributed by atoms with Crippen LogP contribution in [0.15, 0.2) is 102 Å². The minimum atomic E-state index is -0.765. The molecule has 2 aliphatic rings. The van der Waals surface area contributed by atoms with Gasteiger partial charge in [-0.15, -0.1) is 0 Å². The van der Waals surface area contributed by atoms with Crippen molar-refractivity contribution in [3.63, 3.8) is 0 Å². The van der Waals surface area contributed by atoms with E-state index in [1.54, 1.807) is 38.4 Å². The van der Waals surface area contributed by atoms with Crippen LogP contribution in [0.1, 0.15) is 51.8 Å². The Bertz CT molecular complexity index is 1690. The number of hydrogen-bond donors (Lipinski definition) is 1. The van der Waals surface area contributed by atoms with Crippen LogP contribution in [0.4, 0.5) is 11.4 Å². The lowest BCUT2D eigenvalue weighted by Crippen LogP contribution is -2.38. The van der Waals surface area contributed by atoms with Gasteiger partial charge < -0.3 is 19.5 Å². The van der Waals surface area contributed by atoms with Crippen LogP contribution in [-0.4, -0.2) is 33.0 Å². The van der Waals surface area contributed by atoms with Gasteiger partial charge in [0.1, 0.15) is 0 Å². The molecule has 218 valence electrons. The number of benzene rings is 4. The van der Waals surface area contributed by atoms with Crippen molar-refractivity contribution in [2.45, 2.75) is 31.7 Å². The van der Waals surface area contributed by atoms with Gasteiger partial charge in [-0.3, -0.25) is 14.5 Å². The normalized spacial score (nSPS) is 17.8. The van der Waals surface area contributed by atoms with Crippen LogP contribution >= 0.6 is 0 Å². The van der Waals surface area contributed by atoms with Crippen molar-refractivity contribution in [3.05, 3.63) is 125 Å². The quantitative estimate of drug-likeness (QED) is 0.262. The summed E-state index contributed by atoms with van der Waals surface area (Å²) in [5.74, 6) is 1.08. The van der Waals surface area contributed by atoms with E-state index in [2.05, 4.69) is 36.5 Å². The molecule has 6 rings (SSSR count). The molecule has 2 atom stereocenters. The monoisotopic (exact) mass is 574 g/mol. The van der Waals surface area contributed by atoms with Gasteiger partial charge in [-0.25, -0.2) is 0 Å². The third kappa shape index (κ3) is 5.12. The number of amides is 1. The molecule has 0 radical (unpaired) electrons. The first-order valence-corrected chi connectivity index (χ1v) is 14.3. The smallest absolute Gasteiger partial charge is 0.259 e. The number of ether oxygens (including phenoxy) is 3. The largest absolute Gasteiger partial charge is 0.493 e. The van der Waals surface area contributed by atoms with Crippen LogP contribution < -0.4 is 24.4 Å². The highest BCUT2D eigenvalue weighted by atomic mass is 16.5. The Morgan fingerprint density at radius 3 is 2.09 bits per heavy atom. The summed E-state index contributed by atoms with van der Waals surface area (Å²) in [4.78, 5) is 30.6. The average Bonchev–Trinajstić information content (AvgIpc) is 3.19. The SMILES string of the molecule is COc1cc([C@@H]2C3=C(C[C@@H](c4ccc(C)cc4)CC3=O)Nc3ccccc3N2C(=O)c2ccccc2)cc(OC)c1OC. The molecule has 0 saturated heterocycles. The van der Waals surface area contributed by atoms with Gasteiger partial charge in [0.25, 0.3) is 5.91 Å². The van der Waals surface area contributed by atoms with Gasteiger partial charge in [0.2, 0.25) is 5.75 Å². The third-order valence-electron chi connectivity index (χ3n) is 8.28. The van der Waals surface area contributed by atoms with E-state index >= 15 is 0 Å². The number of anilines is 2. The Morgan fingerprint density at radius 1 is 0.791 bits per heavy atom. The van der Waals surface area contributed by atoms with Gasteiger partial charge in [0, 0.05) is 23.3 Å². The van der Waals surface area contributed by atoms with E-state index in [1.807, 2.05) is 54.6 Å². The lowest BCUT2D eigenvalue weighted by Gasteiger charge is -2.35. The second kappa shape index (κ2) is 11.7. The van der Waals surface area contributed by atoms with Crippen LogP contribution in [-0.2, 0) is 4.79 Å². The number of Topliss-reactive ketones (excluding diaryl/α,β-unsaturated/α-hetero) is 1. The third-order valence-corrected chi connectivity index (χ3v) is 8.28. The fraction of sp³-hybridized carbons (Fsp3) is 0.222. The number of methoxy groups -OCH3 is 3. The Hall–Kier alpha value is -5.04. The molecule has 1 aliphatic carbocycles. The van der Waals surface area contributed by atoms with Crippen molar-refractivity contribution in [1.82, 2.24) is 0 Å². The number of hydrogen-bond acceptors (Lipinski definition) is 6. The molecule has 1 amide bonds. The molecule has 7 nitrogen and oxygen atoms in total. The molecule has 43 heavy (non-hydrogen) atoms. The van der Waals surface area contributed by atoms with Gasteiger partial charge in [0.05, 0.1) is 38.7 Å².